The highest BCUT2D eigenvalue weighted by atomic mass is 16.7. The van der Waals surface area contributed by atoms with Crippen LogP contribution in [0, 0.1) is 10.1 Å². The largest absolute Gasteiger partial charge is 0.454 e. The molecule has 1 N–H and O–H groups in total. The van der Waals surface area contributed by atoms with Gasteiger partial charge in [-0.2, -0.15) is 0 Å². The lowest BCUT2D eigenvalue weighted by Gasteiger charge is -2.32. The fourth-order valence-electron chi connectivity index (χ4n) is 3.22. The zero-order valence-electron chi connectivity index (χ0n) is 13.4. The molecule has 1 aromatic rings. The lowest BCUT2D eigenvalue weighted by Crippen LogP contribution is -2.42. The first-order valence-corrected chi connectivity index (χ1v) is 8.20. The summed E-state index contributed by atoms with van der Waals surface area (Å²) in [6.45, 7) is 6.14. The minimum Gasteiger partial charge on any atom is -0.454 e. The Kier molecular flexibility index (Phi) is 4.97. The fraction of sp³-hybridized carbons (Fsp3) is 0.625. The summed E-state index contributed by atoms with van der Waals surface area (Å²) in [6.07, 6.45) is 3.35. The van der Waals surface area contributed by atoms with Gasteiger partial charge in [-0.05, 0) is 45.0 Å². The molecule has 2 aliphatic rings. The van der Waals surface area contributed by atoms with Gasteiger partial charge >= 0.3 is 0 Å². The van der Waals surface area contributed by atoms with E-state index < -0.39 is 0 Å². The molecule has 0 unspecified atom stereocenters. The fourth-order valence-corrected chi connectivity index (χ4v) is 3.22. The van der Waals surface area contributed by atoms with Crippen LogP contribution >= 0.6 is 0 Å². The van der Waals surface area contributed by atoms with E-state index in [4.69, 9.17) is 9.47 Å². The number of rotatable bonds is 6. The van der Waals surface area contributed by atoms with Crippen molar-refractivity contribution in [2.75, 3.05) is 26.4 Å². The summed E-state index contributed by atoms with van der Waals surface area (Å²) < 4.78 is 10.5. The average Bonchev–Trinajstić information content (AvgIpc) is 3.01. The summed E-state index contributed by atoms with van der Waals surface area (Å²) in [7, 11) is 0. The van der Waals surface area contributed by atoms with E-state index in [1.165, 1.54) is 12.5 Å². The van der Waals surface area contributed by atoms with Gasteiger partial charge in [0.25, 0.3) is 5.69 Å². The van der Waals surface area contributed by atoms with Gasteiger partial charge in [0, 0.05) is 18.2 Å². The van der Waals surface area contributed by atoms with Gasteiger partial charge in [-0.3, -0.25) is 10.1 Å². The summed E-state index contributed by atoms with van der Waals surface area (Å²) >= 11 is 0. The molecule has 0 saturated carbocycles. The Hall–Kier alpha value is -1.86. The van der Waals surface area contributed by atoms with Crippen LogP contribution in [0.25, 0.3) is 0 Å². The molecule has 126 valence electrons. The van der Waals surface area contributed by atoms with E-state index in [0.29, 0.717) is 29.6 Å². The molecule has 7 heteroatoms. The summed E-state index contributed by atoms with van der Waals surface area (Å²) in [5.41, 5.74) is 0.736. The molecular formula is C16H23N3O4. The molecule has 1 fully saturated rings. The molecule has 0 aliphatic carbocycles. The maximum absolute atomic E-state index is 11.3. The van der Waals surface area contributed by atoms with Crippen molar-refractivity contribution in [1.82, 2.24) is 10.2 Å². The Labute approximate surface area is 135 Å². The van der Waals surface area contributed by atoms with E-state index >= 15 is 0 Å². The maximum atomic E-state index is 11.3. The smallest absolute Gasteiger partial charge is 0.277 e. The van der Waals surface area contributed by atoms with Crippen LogP contribution in [-0.4, -0.2) is 42.3 Å². The highest BCUT2D eigenvalue weighted by Gasteiger charge is 2.24. The van der Waals surface area contributed by atoms with Crippen LogP contribution in [-0.2, 0) is 6.54 Å². The summed E-state index contributed by atoms with van der Waals surface area (Å²) in [6, 6.07) is 3.59. The van der Waals surface area contributed by atoms with Crippen molar-refractivity contribution < 1.29 is 14.4 Å². The molecule has 2 aliphatic heterocycles. The number of nitrogens with one attached hydrogen (secondary N) is 1. The molecule has 0 atom stereocenters. The van der Waals surface area contributed by atoms with Crippen molar-refractivity contribution in [2.45, 2.75) is 38.8 Å². The molecule has 0 bridgehead atoms. The van der Waals surface area contributed by atoms with Crippen molar-refractivity contribution in [3.8, 4) is 11.5 Å². The van der Waals surface area contributed by atoms with Crippen LogP contribution in [0.15, 0.2) is 12.1 Å². The summed E-state index contributed by atoms with van der Waals surface area (Å²) in [5.74, 6) is 1.04. The van der Waals surface area contributed by atoms with Gasteiger partial charge in [-0.15, -0.1) is 0 Å². The molecule has 1 aromatic carbocycles. The lowest BCUT2D eigenvalue weighted by atomic mass is 10.0. The maximum Gasteiger partial charge on any atom is 0.277 e. The molecule has 0 spiro atoms. The Balaban J connectivity index is 1.61. The van der Waals surface area contributed by atoms with Crippen LogP contribution in [0.3, 0.4) is 0 Å². The van der Waals surface area contributed by atoms with Gasteiger partial charge in [-0.1, -0.05) is 6.92 Å². The SMILES string of the molecule is CCCN1CCC(NCc2cc3c(cc2[N+](=O)[O-])OCO3)CC1. The van der Waals surface area contributed by atoms with Crippen LogP contribution in [0.4, 0.5) is 5.69 Å². The third-order valence-corrected chi connectivity index (χ3v) is 4.48. The number of ether oxygens (including phenoxy) is 2. The second-order valence-electron chi connectivity index (χ2n) is 6.09. The number of nitro groups is 1. The number of hydrogen-bond donors (Lipinski definition) is 1. The van der Waals surface area contributed by atoms with Crippen molar-refractivity contribution in [1.29, 1.82) is 0 Å². The first-order valence-electron chi connectivity index (χ1n) is 8.20. The highest BCUT2D eigenvalue weighted by molar-refractivity contribution is 5.55. The Bertz CT molecular complexity index is 571. The van der Waals surface area contributed by atoms with Crippen LogP contribution in [0.2, 0.25) is 0 Å². The van der Waals surface area contributed by atoms with E-state index in [-0.39, 0.29) is 17.4 Å². The monoisotopic (exact) mass is 321 g/mol. The second-order valence-corrected chi connectivity index (χ2v) is 6.09. The van der Waals surface area contributed by atoms with Crippen molar-refractivity contribution in [2.24, 2.45) is 0 Å². The van der Waals surface area contributed by atoms with E-state index in [2.05, 4.69) is 17.1 Å². The number of nitro benzene ring substituents is 1. The number of piperidine rings is 1. The van der Waals surface area contributed by atoms with Crippen LogP contribution < -0.4 is 14.8 Å². The molecule has 0 amide bonds. The van der Waals surface area contributed by atoms with Crippen LogP contribution in [0.5, 0.6) is 11.5 Å². The molecule has 3 rings (SSSR count). The number of benzene rings is 1. The molecular weight excluding hydrogens is 298 g/mol. The molecule has 0 radical (unpaired) electrons. The summed E-state index contributed by atoms with van der Waals surface area (Å²) in [4.78, 5) is 13.4. The Morgan fingerprint density at radius 2 is 2.00 bits per heavy atom. The predicted octanol–water partition coefficient (Wildman–Crippen LogP) is 2.29. The third-order valence-electron chi connectivity index (χ3n) is 4.48. The number of likely N-dealkylation sites (tertiary alicyclic amines) is 1. The molecule has 0 aromatic heterocycles. The zero-order chi connectivity index (χ0) is 16.2. The Morgan fingerprint density at radius 3 is 2.65 bits per heavy atom. The second kappa shape index (κ2) is 7.14. The first-order chi connectivity index (χ1) is 11.2. The first kappa shape index (κ1) is 16.0. The quantitative estimate of drug-likeness (QED) is 0.640. The highest BCUT2D eigenvalue weighted by Crippen LogP contribution is 2.37. The van der Waals surface area contributed by atoms with Gasteiger partial charge in [-0.25, -0.2) is 0 Å². The van der Waals surface area contributed by atoms with E-state index in [0.717, 1.165) is 32.5 Å². The number of hydrogen-bond acceptors (Lipinski definition) is 6. The molecule has 1 saturated heterocycles. The van der Waals surface area contributed by atoms with Gasteiger partial charge in [0.2, 0.25) is 6.79 Å². The van der Waals surface area contributed by atoms with E-state index in [1.54, 1.807) is 6.07 Å². The molecule has 7 nitrogen and oxygen atoms in total. The van der Waals surface area contributed by atoms with Gasteiger partial charge in [0.15, 0.2) is 11.5 Å². The van der Waals surface area contributed by atoms with Gasteiger partial charge in [0.05, 0.1) is 11.0 Å². The summed E-state index contributed by atoms with van der Waals surface area (Å²) in [5, 5.41) is 14.7. The standard InChI is InChI=1S/C16H23N3O4/c1-2-5-18-6-3-13(4-7-18)17-10-12-8-15-16(23-11-22-15)9-14(12)19(20)21/h8-9,13,17H,2-7,10-11H2,1H3. The predicted molar refractivity (Wildman–Crippen MR) is 85.8 cm³/mol. The average molecular weight is 321 g/mol. The number of fused-ring (bicyclic) bond motifs is 1. The lowest BCUT2D eigenvalue weighted by molar-refractivity contribution is -0.385. The van der Waals surface area contributed by atoms with Crippen molar-refractivity contribution >= 4 is 5.69 Å². The topological polar surface area (TPSA) is 76.9 Å². The van der Waals surface area contributed by atoms with E-state index in [9.17, 15) is 10.1 Å². The number of nitrogens with zero attached hydrogens (tertiary/aromatic N) is 2. The van der Waals surface area contributed by atoms with E-state index in [1.807, 2.05) is 0 Å². The van der Waals surface area contributed by atoms with Crippen molar-refractivity contribution in [3.63, 3.8) is 0 Å². The van der Waals surface area contributed by atoms with Crippen LogP contribution in [0.1, 0.15) is 31.7 Å². The van der Waals surface area contributed by atoms with Gasteiger partial charge < -0.3 is 19.7 Å². The third kappa shape index (κ3) is 3.73. The minimum absolute atomic E-state index is 0.0881. The molecule has 23 heavy (non-hydrogen) atoms. The van der Waals surface area contributed by atoms with Gasteiger partial charge in [0.1, 0.15) is 0 Å². The molecule has 2 heterocycles. The zero-order valence-corrected chi connectivity index (χ0v) is 13.4. The normalized spacial score (nSPS) is 18.3. The van der Waals surface area contributed by atoms with Crippen molar-refractivity contribution in [3.05, 3.63) is 27.8 Å². The Morgan fingerprint density at radius 1 is 1.30 bits per heavy atom. The minimum atomic E-state index is -0.358.